The van der Waals surface area contributed by atoms with Crippen molar-refractivity contribution in [1.82, 2.24) is 4.90 Å². The Hall–Kier alpha value is -1.00. The Bertz CT molecular complexity index is 436. The Morgan fingerprint density at radius 2 is 2.26 bits per heavy atom. The number of aliphatic hydroxyl groups is 1. The molecule has 19 heavy (non-hydrogen) atoms. The molecule has 1 fully saturated rings. The van der Waals surface area contributed by atoms with Crippen LogP contribution in [0, 0.1) is 12.8 Å². The minimum atomic E-state index is 0.186. The predicted octanol–water partition coefficient (Wildman–Crippen LogP) is 2.32. The Morgan fingerprint density at radius 3 is 3.00 bits per heavy atom. The molecule has 4 heteroatoms. The number of hydrogen-bond donors (Lipinski definition) is 1. The number of piperidine rings is 1. The molecule has 1 aromatic rings. The normalized spacial score (nSPS) is 19.5. The molecule has 0 aliphatic carbocycles. The van der Waals surface area contributed by atoms with E-state index in [9.17, 15) is 9.90 Å². The standard InChI is InChI=1S/C15H21NO2S/c1-12-5-2-3-7-14(12)19-11-15(18)16-8-4-6-13(9-16)10-17/h2-3,5,7,13,17H,4,6,8-11H2,1H3. The van der Waals surface area contributed by atoms with Gasteiger partial charge in [0.25, 0.3) is 0 Å². The maximum atomic E-state index is 12.2. The molecule has 2 rings (SSSR count). The van der Waals surface area contributed by atoms with Crippen LogP contribution in [0.4, 0.5) is 0 Å². The summed E-state index contributed by atoms with van der Waals surface area (Å²) in [6, 6.07) is 8.13. The molecule has 1 atom stereocenters. The summed E-state index contributed by atoms with van der Waals surface area (Å²) in [7, 11) is 0. The lowest BCUT2D eigenvalue weighted by atomic mass is 9.99. The highest BCUT2D eigenvalue weighted by Gasteiger charge is 2.22. The third-order valence-corrected chi connectivity index (χ3v) is 4.73. The first kappa shape index (κ1) is 14.4. The smallest absolute Gasteiger partial charge is 0.232 e. The molecule has 104 valence electrons. The highest BCUT2D eigenvalue weighted by Crippen LogP contribution is 2.23. The van der Waals surface area contributed by atoms with E-state index in [-0.39, 0.29) is 18.4 Å². The van der Waals surface area contributed by atoms with E-state index in [1.54, 1.807) is 11.8 Å². The SMILES string of the molecule is Cc1ccccc1SCC(=O)N1CCCC(CO)C1. The van der Waals surface area contributed by atoms with Crippen molar-refractivity contribution < 1.29 is 9.90 Å². The van der Waals surface area contributed by atoms with Gasteiger partial charge in [0.15, 0.2) is 0 Å². The number of rotatable bonds is 4. The molecule has 0 radical (unpaired) electrons. The fourth-order valence-corrected chi connectivity index (χ4v) is 3.32. The minimum absolute atomic E-state index is 0.186. The monoisotopic (exact) mass is 279 g/mol. The van der Waals surface area contributed by atoms with Crippen molar-refractivity contribution >= 4 is 17.7 Å². The third-order valence-electron chi connectivity index (χ3n) is 3.57. The van der Waals surface area contributed by atoms with E-state index in [2.05, 4.69) is 19.1 Å². The Morgan fingerprint density at radius 1 is 1.47 bits per heavy atom. The summed E-state index contributed by atoms with van der Waals surface area (Å²) in [5, 5.41) is 9.19. The second-order valence-corrected chi connectivity index (χ2v) is 6.10. The van der Waals surface area contributed by atoms with Gasteiger partial charge in [-0.3, -0.25) is 4.79 Å². The van der Waals surface area contributed by atoms with Crippen molar-refractivity contribution in [2.24, 2.45) is 5.92 Å². The molecule has 1 heterocycles. The number of carbonyl (C=O) groups is 1. The average Bonchev–Trinajstić information content (AvgIpc) is 2.46. The molecule has 0 aromatic heterocycles. The van der Waals surface area contributed by atoms with Gasteiger partial charge in [0.2, 0.25) is 5.91 Å². The summed E-state index contributed by atoms with van der Waals surface area (Å²) >= 11 is 1.60. The topological polar surface area (TPSA) is 40.5 Å². The van der Waals surface area contributed by atoms with Gasteiger partial charge in [-0.2, -0.15) is 0 Å². The molecule has 1 N–H and O–H groups in total. The van der Waals surface area contributed by atoms with Gasteiger partial charge in [-0.15, -0.1) is 11.8 Å². The summed E-state index contributed by atoms with van der Waals surface area (Å²) in [6.07, 6.45) is 2.04. The molecular formula is C15H21NO2S. The summed E-state index contributed by atoms with van der Waals surface area (Å²) in [4.78, 5) is 15.2. The van der Waals surface area contributed by atoms with Crippen molar-refractivity contribution in [3.8, 4) is 0 Å². The van der Waals surface area contributed by atoms with Crippen molar-refractivity contribution in [1.29, 1.82) is 0 Å². The van der Waals surface area contributed by atoms with Gasteiger partial charge >= 0.3 is 0 Å². The summed E-state index contributed by atoms with van der Waals surface area (Å²) in [5.41, 5.74) is 1.21. The van der Waals surface area contributed by atoms with Crippen molar-refractivity contribution in [2.75, 3.05) is 25.4 Å². The number of likely N-dealkylation sites (tertiary alicyclic amines) is 1. The molecule has 0 bridgehead atoms. The van der Waals surface area contributed by atoms with Gasteiger partial charge < -0.3 is 10.0 Å². The number of benzene rings is 1. The quantitative estimate of drug-likeness (QED) is 0.860. The molecule has 1 aliphatic rings. The predicted molar refractivity (Wildman–Crippen MR) is 78.3 cm³/mol. The molecule has 0 spiro atoms. The number of hydrogen-bond acceptors (Lipinski definition) is 3. The van der Waals surface area contributed by atoms with Crippen molar-refractivity contribution in [3.05, 3.63) is 29.8 Å². The number of amides is 1. The molecule has 0 saturated carbocycles. The van der Waals surface area contributed by atoms with E-state index in [0.717, 1.165) is 19.4 Å². The largest absolute Gasteiger partial charge is 0.396 e. The zero-order chi connectivity index (χ0) is 13.7. The molecule has 1 unspecified atom stereocenters. The molecule has 1 aliphatic heterocycles. The Labute approximate surface area is 119 Å². The number of aliphatic hydroxyl groups excluding tert-OH is 1. The van der Waals surface area contributed by atoms with E-state index in [0.29, 0.717) is 12.3 Å². The maximum Gasteiger partial charge on any atom is 0.232 e. The molecule has 1 saturated heterocycles. The fourth-order valence-electron chi connectivity index (χ4n) is 2.39. The Kier molecular flexibility index (Phi) is 5.28. The van der Waals surface area contributed by atoms with Crippen LogP contribution >= 0.6 is 11.8 Å². The van der Waals surface area contributed by atoms with Gasteiger partial charge in [0.1, 0.15) is 0 Å². The zero-order valence-electron chi connectivity index (χ0n) is 11.3. The highest BCUT2D eigenvalue weighted by molar-refractivity contribution is 8.00. The second kappa shape index (κ2) is 6.96. The van der Waals surface area contributed by atoms with Gasteiger partial charge in [-0.25, -0.2) is 0 Å². The number of carbonyl (C=O) groups excluding carboxylic acids is 1. The van der Waals surface area contributed by atoms with E-state index in [1.807, 2.05) is 17.0 Å². The van der Waals surface area contributed by atoms with Gasteiger partial charge in [0.05, 0.1) is 5.75 Å². The molecule has 1 aromatic carbocycles. The fraction of sp³-hybridized carbons (Fsp3) is 0.533. The highest BCUT2D eigenvalue weighted by atomic mass is 32.2. The van der Waals surface area contributed by atoms with Gasteiger partial charge in [-0.1, -0.05) is 18.2 Å². The van der Waals surface area contributed by atoms with Crippen LogP contribution in [0.2, 0.25) is 0 Å². The van der Waals surface area contributed by atoms with E-state index in [4.69, 9.17) is 0 Å². The second-order valence-electron chi connectivity index (χ2n) is 5.08. The van der Waals surface area contributed by atoms with E-state index >= 15 is 0 Å². The number of thioether (sulfide) groups is 1. The summed E-state index contributed by atoms with van der Waals surface area (Å²) in [5.74, 6) is 0.941. The van der Waals surface area contributed by atoms with Crippen LogP contribution in [0.5, 0.6) is 0 Å². The third kappa shape index (κ3) is 3.98. The first-order valence-electron chi connectivity index (χ1n) is 6.77. The lowest BCUT2D eigenvalue weighted by Crippen LogP contribution is -2.41. The lowest BCUT2D eigenvalue weighted by molar-refractivity contribution is -0.130. The van der Waals surface area contributed by atoms with Crippen molar-refractivity contribution in [3.63, 3.8) is 0 Å². The van der Waals surface area contributed by atoms with Crippen molar-refractivity contribution in [2.45, 2.75) is 24.7 Å². The van der Waals surface area contributed by atoms with E-state index < -0.39 is 0 Å². The average molecular weight is 279 g/mol. The lowest BCUT2D eigenvalue weighted by Gasteiger charge is -2.31. The number of aryl methyl sites for hydroxylation is 1. The number of nitrogens with zero attached hydrogens (tertiary/aromatic N) is 1. The van der Waals surface area contributed by atoms with Crippen LogP contribution in [0.1, 0.15) is 18.4 Å². The van der Waals surface area contributed by atoms with Crippen LogP contribution in [0.25, 0.3) is 0 Å². The van der Waals surface area contributed by atoms with Crippen LogP contribution in [0.15, 0.2) is 29.2 Å². The minimum Gasteiger partial charge on any atom is -0.396 e. The van der Waals surface area contributed by atoms with Crippen LogP contribution in [-0.4, -0.2) is 41.4 Å². The summed E-state index contributed by atoms with van der Waals surface area (Å²) in [6.45, 7) is 3.80. The Balaban J connectivity index is 1.86. The molecule has 3 nitrogen and oxygen atoms in total. The van der Waals surface area contributed by atoms with Gasteiger partial charge in [0, 0.05) is 24.6 Å². The first-order chi connectivity index (χ1) is 9.20. The first-order valence-corrected chi connectivity index (χ1v) is 7.76. The van der Waals surface area contributed by atoms with E-state index in [1.165, 1.54) is 10.5 Å². The van der Waals surface area contributed by atoms with Crippen LogP contribution in [-0.2, 0) is 4.79 Å². The molecule has 1 amide bonds. The molecular weight excluding hydrogens is 258 g/mol. The van der Waals surface area contributed by atoms with Gasteiger partial charge in [-0.05, 0) is 37.3 Å². The van der Waals surface area contributed by atoms with Crippen LogP contribution in [0.3, 0.4) is 0 Å². The maximum absolute atomic E-state index is 12.2. The zero-order valence-corrected chi connectivity index (χ0v) is 12.2. The van der Waals surface area contributed by atoms with Crippen LogP contribution < -0.4 is 0 Å². The summed E-state index contributed by atoms with van der Waals surface area (Å²) < 4.78 is 0.